The Kier molecular flexibility index (Phi) is 5.84. The van der Waals surface area contributed by atoms with Crippen LogP contribution in [0.5, 0.6) is 0 Å². The quantitative estimate of drug-likeness (QED) is 0.258. The molecule has 4 heterocycles. The van der Waals surface area contributed by atoms with E-state index in [1.54, 1.807) is 18.6 Å². The van der Waals surface area contributed by atoms with Crippen molar-refractivity contribution in [2.75, 3.05) is 11.4 Å². The first-order valence-electron chi connectivity index (χ1n) is 11.2. The highest BCUT2D eigenvalue weighted by molar-refractivity contribution is 6.54. The van der Waals surface area contributed by atoms with Gasteiger partial charge >= 0.3 is 13.2 Å². The van der Waals surface area contributed by atoms with Crippen molar-refractivity contribution in [1.82, 2.24) is 24.7 Å². The minimum absolute atomic E-state index is 0.195. The first-order chi connectivity index (χ1) is 17.6. The van der Waals surface area contributed by atoms with Crippen molar-refractivity contribution in [3.05, 3.63) is 66.1 Å². The number of benzene rings is 1. The van der Waals surface area contributed by atoms with Crippen molar-refractivity contribution < 1.29 is 22.6 Å². The maximum atomic E-state index is 14.9. The van der Waals surface area contributed by atoms with E-state index in [2.05, 4.69) is 20.1 Å². The molecule has 0 saturated carbocycles. The van der Waals surface area contributed by atoms with Crippen LogP contribution in [0.4, 0.5) is 23.2 Å². The van der Waals surface area contributed by atoms with Gasteiger partial charge in [-0.15, -0.1) is 0 Å². The van der Waals surface area contributed by atoms with Crippen LogP contribution in [0.3, 0.4) is 0 Å². The van der Waals surface area contributed by atoms with Crippen molar-refractivity contribution in [3.63, 3.8) is 0 Å². The number of nitriles is 1. The Hall–Kier alpha value is -4.44. The van der Waals surface area contributed by atoms with E-state index in [0.717, 1.165) is 16.9 Å². The molecule has 0 bridgehead atoms. The van der Waals surface area contributed by atoms with Crippen LogP contribution in [-0.2, 0) is 6.18 Å². The number of anilines is 1. The van der Waals surface area contributed by atoms with Gasteiger partial charge in [-0.3, -0.25) is 4.98 Å². The molecule has 0 aliphatic carbocycles. The molecule has 0 radical (unpaired) electrons. The molecule has 37 heavy (non-hydrogen) atoms. The maximum absolute atomic E-state index is 14.9. The van der Waals surface area contributed by atoms with Crippen molar-refractivity contribution in [3.8, 4) is 22.9 Å². The lowest BCUT2D eigenvalue weighted by molar-refractivity contribution is -0.141. The Bertz CT molecular complexity index is 1690. The second-order valence-corrected chi connectivity index (χ2v) is 8.35. The third kappa shape index (κ3) is 4.15. The fourth-order valence-corrected chi connectivity index (χ4v) is 4.45. The lowest BCUT2D eigenvalue weighted by atomic mass is 9.84. The maximum Gasteiger partial charge on any atom is 0.435 e. The Morgan fingerprint density at radius 2 is 2.00 bits per heavy atom. The Morgan fingerprint density at radius 1 is 1.22 bits per heavy atom. The molecule has 8 nitrogen and oxygen atoms in total. The lowest BCUT2D eigenvalue weighted by Gasteiger charge is -2.24. The average molecular weight is 507 g/mol. The molecule has 4 aromatic heterocycles. The van der Waals surface area contributed by atoms with Gasteiger partial charge in [0.15, 0.2) is 5.69 Å². The molecule has 0 amide bonds. The minimum Gasteiger partial charge on any atom is -0.432 e. The third-order valence-electron chi connectivity index (χ3n) is 6.03. The van der Waals surface area contributed by atoms with Gasteiger partial charge in [-0.1, -0.05) is 0 Å². The molecule has 0 aliphatic heterocycles. The number of aromatic nitrogens is 5. The van der Waals surface area contributed by atoms with Crippen molar-refractivity contribution in [2.45, 2.75) is 19.9 Å². The highest BCUT2D eigenvalue weighted by Crippen LogP contribution is 2.40. The van der Waals surface area contributed by atoms with E-state index in [1.165, 1.54) is 36.8 Å². The number of alkyl halides is 3. The summed E-state index contributed by atoms with van der Waals surface area (Å²) in [5, 5.41) is 24.0. The van der Waals surface area contributed by atoms with E-state index in [9.17, 15) is 27.8 Å². The molecule has 0 fully saturated rings. The van der Waals surface area contributed by atoms with E-state index in [0.29, 0.717) is 39.6 Å². The molecule has 2 N–H and O–H groups in total. The van der Waals surface area contributed by atoms with Gasteiger partial charge in [-0.05, 0) is 38.0 Å². The lowest BCUT2D eigenvalue weighted by Crippen LogP contribution is -2.37. The topological polar surface area (TPSA) is 107 Å². The zero-order chi connectivity index (χ0) is 26.5. The highest BCUT2D eigenvalue weighted by Gasteiger charge is 2.34. The van der Waals surface area contributed by atoms with Crippen molar-refractivity contribution in [2.24, 2.45) is 0 Å². The van der Waals surface area contributed by atoms with Gasteiger partial charge in [-0.2, -0.15) is 23.5 Å². The fraction of sp³-hybridized carbons (Fsp3) is 0.167. The van der Waals surface area contributed by atoms with Crippen LogP contribution in [0, 0.1) is 17.1 Å². The normalized spacial score (nSPS) is 11.7. The SMILES string of the molecule is CCN(B(C)O)c1cc(F)cc2c1[nH]c1ncc(-c3cncc(C#N)c3)c(-n3ccc(C(F)(F)F)n3)c12. The summed E-state index contributed by atoms with van der Waals surface area (Å²) in [7, 11) is -0.940. The number of fused-ring (bicyclic) bond motifs is 3. The van der Waals surface area contributed by atoms with Gasteiger partial charge < -0.3 is 14.8 Å². The van der Waals surface area contributed by atoms with Gasteiger partial charge in [0.2, 0.25) is 0 Å². The van der Waals surface area contributed by atoms with Crippen molar-refractivity contribution in [1.29, 1.82) is 5.26 Å². The summed E-state index contributed by atoms with van der Waals surface area (Å²) in [4.78, 5) is 13.2. The van der Waals surface area contributed by atoms with E-state index < -0.39 is 24.7 Å². The van der Waals surface area contributed by atoms with Crippen LogP contribution in [-0.4, -0.2) is 43.4 Å². The zero-order valence-corrected chi connectivity index (χ0v) is 19.5. The summed E-state index contributed by atoms with van der Waals surface area (Å²) in [6.45, 7) is 3.70. The summed E-state index contributed by atoms with van der Waals surface area (Å²) in [6, 6.07) is 6.88. The number of aromatic amines is 1. The number of H-pyrrole nitrogens is 1. The van der Waals surface area contributed by atoms with Crippen LogP contribution >= 0.6 is 0 Å². The molecule has 0 saturated heterocycles. The van der Waals surface area contributed by atoms with E-state index in [4.69, 9.17) is 0 Å². The molecule has 5 rings (SSSR count). The van der Waals surface area contributed by atoms with Crippen LogP contribution < -0.4 is 4.81 Å². The molecule has 5 aromatic rings. The third-order valence-corrected chi connectivity index (χ3v) is 6.03. The van der Waals surface area contributed by atoms with Crippen molar-refractivity contribution >= 4 is 34.7 Å². The highest BCUT2D eigenvalue weighted by atomic mass is 19.4. The summed E-state index contributed by atoms with van der Waals surface area (Å²) in [5.41, 5.74) is 1.16. The van der Waals surface area contributed by atoms with Gasteiger partial charge in [0.05, 0.1) is 27.8 Å². The molecule has 0 atom stereocenters. The predicted molar refractivity (Wildman–Crippen MR) is 130 cm³/mol. The fourth-order valence-electron chi connectivity index (χ4n) is 4.45. The summed E-state index contributed by atoms with van der Waals surface area (Å²) in [5.74, 6) is -0.608. The second-order valence-electron chi connectivity index (χ2n) is 8.35. The first kappa shape index (κ1) is 24.3. The molecule has 0 aliphatic rings. The van der Waals surface area contributed by atoms with Crippen LogP contribution in [0.2, 0.25) is 6.82 Å². The zero-order valence-electron chi connectivity index (χ0n) is 19.5. The van der Waals surface area contributed by atoms with Crippen LogP contribution in [0.1, 0.15) is 18.2 Å². The molecule has 186 valence electrons. The molecule has 1 aromatic carbocycles. The minimum atomic E-state index is -4.68. The Labute approximate surface area is 207 Å². The Balaban J connectivity index is 1.91. The molecule has 13 heteroatoms. The van der Waals surface area contributed by atoms with E-state index in [-0.39, 0.29) is 16.9 Å². The second kappa shape index (κ2) is 8.90. The van der Waals surface area contributed by atoms with Crippen LogP contribution in [0.15, 0.2) is 49.1 Å². The molecular weight excluding hydrogens is 489 g/mol. The van der Waals surface area contributed by atoms with Gasteiger partial charge in [0.25, 0.3) is 0 Å². The van der Waals surface area contributed by atoms with E-state index in [1.807, 2.05) is 6.07 Å². The standard InChI is InChI=1S/C24H18BF4N7O/c1-3-35(25(2)37)18-8-15(26)7-16-20-22(36-5-4-19(34-36)24(27,28)29)17(12-32-23(20)33-21(16)18)14-6-13(9-30)10-31-11-14/h4-8,10-12,37H,3H2,1-2H3,(H,32,33). The molecular formula is C24H18BF4N7O. The largest absolute Gasteiger partial charge is 0.435 e. The smallest absolute Gasteiger partial charge is 0.432 e. The monoisotopic (exact) mass is 507 g/mol. The number of halogens is 4. The van der Waals surface area contributed by atoms with E-state index >= 15 is 0 Å². The molecule has 0 unspecified atom stereocenters. The summed E-state index contributed by atoms with van der Waals surface area (Å²) < 4.78 is 56.3. The van der Waals surface area contributed by atoms with Crippen LogP contribution in [0.25, 0.3) is 38.8 Å². The number of hydrogen-bond donors (Lipinski definition) is 2. The number of nitrogens with zero attached hydrogens (tertiary/aromatic N) is 6. The number of rotatable bonds is 5. The summed E-state index contributed by atoms with van der Waals surface area (Å²) >= 11 is 0. The average Bonchev–Trinajstić information content (AvgIpc) is 3.49. The number of hydrogen-bond acceptors (Lipinski definition) is 6. The number of nitrogens with one attached hydrogen (secondary N) is 1. The predicted octanol–water partition coefficient (Wildman–Crippen LogP) is 4.93. The van der Waals surface area contributed by atoms with Gasteiger partial charge in [-0.25, -0.2) is 14.1 Å². The number of pyridine rings is 2. The summed E-state index contributed by atoms with van der Waals surface area (Å²) in [6.07, 6.45) is 0.721. The van der Waals surface area contributed by atoms with Gasteiger partial charge in [0, 0.05) is 47.8 Å². The van der Waals surface area contributed by atoms with Gasteiger partial charge in [0.1, 0.15) is 17.5 Å². The Morgan fingerprint density at radius 3 is 2.65 bits per heavy atom. The molecule has 0 spiro atoms. The first-order valence-corrected chi connectivity index (χ1v) is 11.2.